The number of anilines is 1. The second-order valence-electron chi connectivity index (χ2n) is 10.4. The highest BCUT2D eigenvalue weighted by Gasteiger charge is 2.49. The Bertz CT molecular complexity index is 1430. The minimum Gasteiger partial charge on any atom is -0.489 e. The zero-order valence-electron chi connectivity index (χ0n) is 22.6. The molecule has 8 nitrogen and oxygen atoms in total. The second-order valence-corrected chi connectivity index (χ2v) is 10.8. The predicted molar refractivity (Wildman–Crippen MR) is 148 cm³/mol. The van der Waals surface area contributed by atoms with E-state index in [9.17, 15) is 27.6 Å². The van der Waals surface area contributed by atoms with Gasteiger partial charge < -0.3 is 14.8 Å². The summed E-state index contributed by atoms with van der Waals surface area (Å²) < 4.78 is 52.7. The molecular formula is C30H29ClF3N3O5. The molecule has 222 valence electrons. The van der Waals surface area contributed by atoms with E-state index in [2.05, 4.69) is 5.32 Å². The first-order valence-corrected chi connectivity index (χ1v) is 13.8. The van der Waals surface area contributed by atoms with Gasteiger partial charge in [0, 0.05) is 41.6 Å². The van der Waals surface area contributed by atoms with Crippen LogP contribution in [0.5, 0.6) is 0 Å². The summed E-state index contributed by atoms with van der Waals surface area (Å²) in [5.74, 6) is -4.49. The number of hydrogen-bond acceptors (Lipinski definition) is 5. The van der Waals surface area contributed by atoms with Crippen LogP contribution in [0, 0.1) is 5.82 Å². The number of halogens is 4. The van der Waals surface area contributed by atoms with E-state index in [1.165, 1.54) is 42.3 Å². The summed E-state index contributed by atoms with van der Waals surface area (Å²) in [6, 6.07) is 7.87. The summed E-state index contributed by atoms with van der Waals surface area (Å²) in [5.41, 5.74) is 0.201. The molecule has 1 N–H and O–H groups in total. The molecule has 1 aliphatic heterocycles. The lowest BCUT2D eigenvalue weighted by molar-refractivity contribution is -0.133. The second kappa shape index (κ2) is 12.1. The molecular weight excluding hydrogens is 575 g/mol. The van der Waals surface area contributed by atoms with Crippen molar-refractivity contribution in [2.75, 3.05) is 18.6 Å². The lowest BCUT2D eigenvalue weighted by Gasteiger charge is -2.39. The first kappa shape index (κ1) is 29.5. The minimum absolute atomic E-state index is 0.00891. The van der Waals surface area contributed by atoms with Crippen LogP contribution in [0.1, 0.15) is 37.3 Å². The van der Waals surface area contributed by atoms with Crippen LogP contribution in [-0.2, 0) is 19.1 Å². The molecule has 42 heavy (non-hydrogen) atoms. The third-order valence-electron chi connectivity index (χ3n) is 7.46. The van der Waals surface area contributed by atoms with Crippen LogP contribution in [0.25, 0.3) is 0 Å². The maximum Gasteiger partial charge on any atom is 0.410 e. The number of benzene rings is 2. The maximum atomic E-state index is 14.6. The van der Waals surface area contributed by atoms with Crippen LogP contribution in [0.15, 0.2) is 72.5 Å². The number of alkyl halides is 2. The summed E-state index contributed by atoms with van der Waals surface area (Å²) >= 11 is 6.51. The number of ether oxygens (including phenoxy) is 2. The van der Waals surface area contributed by atoms with Crippen molar-refractivity contribution in [3.05, 3.63) is 88.9 Å². The molecule has 0 radical (unpaired) electrons. The Balaban J connectivity index is 1.55. The van der Waals surface area contributed by atoms with Crippen molar-refractivity contribution < 1.29 is 37.0 Å². The van der Waals surface area contributed by atoms with Gasteiger partial charge in [-0.3, -0.25) is 19.4 Å². The number of likely N-dealkylation sites (tertiary alicyclic amines) is 1. The Labute approximate surface area is 245 Å². The van der Waals surface area contributed by atoms with Crippen molar-refractivity contribution in [1.82, 2.24) is 10.2 Å². The number of rotatable bonds is 8. The molecule has 1 saturated heterocycles. The van der Waals surface area contributed by atoms with Crippen molar-refractivity contribution in [2.24, 2.45) is 0 Å². The van der Waals surface area contributed by atoms with E-state index in [1.54, 1.807) is 18.2 Å². The van der Waals surface area contributed by atoms with E-state index in [0.717, 1.165) is 11.0 Å². The molecule has 3 aliphatic rings. The van der Waals surface area contributed by atoms with E-state index in [-0.39, 0.29) is 29.2 Å². The van der Waals surface area contributed by atoms with Crippen LogP contribution >= 0.6 is 11.6 Å². The van der Waals surface area contributed by atoms with Crippen molar-refractivity contribution >= 4 is 35.2 Å². The van der Waals surface area contributed by atoms with Crippen LogP contribution in [0.4, 0.5) is 23.7 Å². The van der Waals surface area contributed by atoms with Gasteiger partial charge in [-0.2, -0.15) is 0 Å². The topological polar surface area (TPSA) is 88.2 Å². The smallest absolute Gasteiger partial charge is 0.410 e. The van der Waals surface area contributed by atoms with E-state index < -0.39 is 66.7 Å². The SMILES string of the molecule is COC(=O)N1C[C@H](OC2=CCC=C2)C[C@H]1C(=O)N(c1cccc(F)c1)[C@H](C(=O)NC1CC(F)(F)C1)c1ccccc1Cl. The molecule has 3 amide bonds. The van der Waals surface area contributed by atoms with Gasteiger partial charge in [0.05, 0.1) is 13.7 Å². The molecule has 2 aromatic carbocycles. The van der Waals surface area contributed by atoms with Gasteiger partial charge >= 0.3 is 6.09 Å². The summed E-state index contributed by atoms with van der Waals surface area (Å²) in [6.07, 6.45) is 3.83. The fraction of sp³-hybridized carbons (Fsp3) is 0.367. The Morgan fingerprint density at radius 3 is 2.55 bits per heavy atom. The van der Waals surface area contributed by atoms with Gasteiger partial charge in [-0.15, -0.1) is 0 Å². The molecule has 2 aromatic rings. The lowest BCUT2D eigenvalue weighted by Crippen LogP contribution is -2.56. The molecule has 2 fully saturated rings. The predicted octanol–water partition coefficient (Wildman–Crippen LogP) is 5.54. The molecule has 1 saturated carbocycles. The number of allylic oxidation sites excluding steroid dienone is 3. The van der Waals surface area contributed by atoms with E-state index in [0.29, 0.717) is 12.2 Å². The standard InChI is InChI=1S/C30H29ClF3N3O5/c1-41-29(40)36-17-22(42-21-9-2-3-10-21)14-25(36)28(39)37(20-8-6-7-18(32)13-20)26(23-11-4-5-12-24(23)31)27(38)35-19-15-30(33,34)16-19/h2,4-13,19,22,25-26H,3,14-17H2,1H3,(H,35,38)/t22-,25+,26+/m1/s1. The quantitative estimate of drug-likeness (QED) is 0.428. The average Bonchev–Trinajstić information content (AvgIpc) is 3.61. The van der Waals surface area contributed by atoms with Gasteiger partial charge in [-0.1, -0.05) is 41.9 Å². The third kappa shape index (κ3) is 6.25. The van der Waals surface area contributed by atoms with Gasteiger partial charge in [0.25, 0.3) is 11.8 Å². The van der Waals surface area contributed by atoms with Gasteiger partial charge in [0.15, 0.2) is 0 Å². The monoisotopic (exact) mass is 603 g/mol. The Morgan fingerprint density at radius 2 is 1.90 bits per heavy atom. The number of carbonyl (C=O) groups is 3. The fourth-order valence-electron chi connectivity index (χ4n) is 5.48. The molecule has 0 spiro atoms. The molecule has 0 bridgehead atoms. The highest BCUT2D eigenvalue weighted by molar-refractivity contribution is 6.31. The Morgan fingerprint density at radius 1 is 1.14 bits per heavy atom. The number of nitrogens with zero attached hydrogens (tertiary/aromatic N) is 2. The first-order valence-electron chi connectivity index (χ1n) is 13.5. The number of amides is 3. The zero-order chi connectivity index (χ0) is 30.0. The number of carbonyl (C=O) groups excluding carboxylic acids is 3. The molecule has 2 aliphatic carbocycles. The number of nitrogens with one attached hydrogen (secondary N) is 1. The van der Waals surface area contributed by atoms with E-state index >= 15 is 0 Å². The highest BCUT2D eigenvalue weighted by atomic mass is 35.5. The highest BCUT2D eigenvalue weighted by Crippen LogP contribution is 2.39. The third-order valence-corrected chi connectivity index (χ3v) is 7.81. The average molecular weight is 604 g/mol. The Hall–Kier alpha value is -3.99. The van der Waals surface area contributed by atoms with Gasteiger partial charge in [0.2, 0.25) is 5.91 Å². The Kier molecular flexibility index (Phi) is 8.49. The van der Waals surface area contributed by atoms with Crippen LogP contribution in [0.2, 0.25) is 5.02 Å². The molecule has 1 heterocycles. The van der Waals surface area contributed by atoms with E-state index in [4.69, 9.17) is 21.1 Å². The van der Waals surface area contributed by atoms with Crippen molar-refractivity contribution in [2.45, 2.75) is 55.8 Å². The zero-order valence-corrected chi connectivity index (χ0v) is 23.4. The van der Waals surface area contributed by atoms with Gasteiger partial charge in [-0.05, 0) is 42.8 Å². The van der Waals surface area contributed by atoms with Crippen molar-refractivity contribution in [1.29, 1.82) is 0 Å². The first-order chi connectivity index (χ1) is 20.1. The molecule has 0 unspecified atom stereocenters. The largest absolute Gasteiger partial charge is 0.489 e. The molecule has 3 atom stereocenters. The van der Waals surface area contributed by atoms with Crippen molar-refractivity contribution in [3.63, 3.8) is 0 Å². The van der Waals surface area contributed by atoms with Gasteiger partial charge in [-0.25, -0.2) is 18.0 Å². The van der Waals surface area contributed by atoms with E-state index in [1.807, 2.05) is 12.2 Å². The number of methoxy groups -OCH3 is 1. The maximum absolute atomic E-state index is 14.6. The normalized spacial score (nSPS) is 21.7. The van der Waals surface area contributed by atoms with Crippen LogP contribution in [0.3, 0.4) is 0 Å². The number of hydrogen-bond donors (Lipinski definition) is 1. The summed E-state index contributed by atoms with van der Waals surface area (Å²) in [4.78, 5) is 43.4. The van der Waals surface area contributed by atoms with Crippen LogP contribution in [-0.4, -0.2) is 60.6 Å². The fourth-order valence-corrected chi connectivity index (χ4v) is 5.72. The van der Waals surface area contributed by atoms with Crippen LogP contribution < -0.4 is 10.2 Å². The molecule has 12 heteroatoms. The van der Waals surface area contributed by atoms with Crippen molar-refractivity contribution in [3.8, 4) is 0 Å². The lowest BCUT2D eigenvalue weighted by atomic mass is 9.87. The molecule has 5 rings (SSSR count). The van der Waals surface area contributed by atoms with Gasteiger partial charge in [0.1, 0.15) is 29.8 Å². The summed E-state index contributed by atoms with van der Waals surface area (Å²) in [6.45, 7) is 0.0192. The summed E-state index contributed by atoms with van der Waals surface area (Å²) in [7, 11) is 1.18. The molecule has 0 aromatic heterocycles. The summed E-state index contributed by atoms with van der Waals surface area (Å²) in [5, 5.41) is 2.73. The minimum atomic E-state index is -2.90.